The smallest absolute Gasteiger partial charge is 0.188 e. The first-order chi connectivity index (χ1) is 14.0. The molecular weight excluding hydrogens is 409 g/mol. The first-order valence-corrected chi connectivity index (χ1v) is 10.1. The number of hydrogen-bond donors (Lipinski definition) is 2. The van der Waals surface area contributed by atoms with Gasteiger partial charge in [-0.3, -0.25) is 0 Å². The van der Waals surface area contributed by atoms with Crippen LogP contribution in [-0.4, -0.2) is 34.5 Å². The number of halogens is 2. The molecule has 3 aromatic rings. The lowest BCUT2D eigenvalue weighted by atomic mass is 10.1. The molecule has 0 amide bonds. The molecule has 29 heavy (non-hydrogen) atoms. The van der Waals surface area contributed by atoms with Gasteiger partial charge in [0.05, 0.1) is 22.7 Å². The Morgan fingerprint density at radius 1 is 1.07 bits per heavy atom. The Kier molecular flexibility index (Phi) is 5.72. The molecule has 6 nitrogen and oxygen atoms in total. The molecule has 0 saturated carbocycles. The van der Waals surface area contributed by atoms with E-state index >= 15 is 0 Å². The minimum Gasteiger partial charge on any atom is -0.393 e. The third-order valence-corrected chi connectivity index (χ3v) is 5.82. The molecule has 2 N–H and O–H groups in total. The van der Waals surface area contributed by atoms with Gasteiger partial charge in [-0.1, -0.05) is 41.4 Å². The van der Waals surface area contributed by atoms with Gasteiger partial charge in [-0.15, -0.1) is 10.2 Å². The van der Waals surface area contributed by atoms with Crippen molar-refractivity contribution in [1.82, 2.24) is 10.2 Å². The molecule has 0 spiro atoms. The third kappa shape index (κ3) is 4.23. The van der Waals surface area contributed by atoms with E-state index in [-0.39, 0.29) is 6.10 Å². The van der Waals surface area contributed by atoms with Crippen molar-refractivity contribution in [2.24, 2.45) is 0 Å². The number of nitrogens with zero attached hydrogens (tertiary/aromatic N) is 4. The number of anilines is 2. The summed E-state index contributed by atoms with van der Waals surface area (Å²) >= 11 is 12.1. The normalized spacial score (nSPS) is 14.8. The van der Waals surface area contributed by atoms with E-state index in [1.807, 2.05) is 24.3 Å². The standard InChI is InChI=1S/C21H19Cl2N5O/c1-24-14-3-4-16-17(11-14)20(25-12-13-2-5-18(22)19(23)10-13)26-27-21(16)28-8-6-15(29)7-9-28/h2-5,10-11,15,29H,6-9,12H2,(H,25,26). The Labute approximate surface area is 178 Å². The summed E-state index contributed by atoms with van der Waals surface area (Å²) < 4.78 is 0. The quantitative estimate of drug-likeness (QED) is 0.569. The molecule has 2 heterocycles. The Hall–Kier alpha value is -2.59. The second-order valence-corrected chi connectivity index (χ2v) is 7.85. The predicted molar refractivity (Wildman–Crippen MR) is 117 cm³/mol. The maximum Gasteiger partial charge on any atom is 0.188 e. The van der Waals surface area contributed by atoms with Crippen LogP contribution in [0.1, 0.15) is 18.4 Å². The molecule has 1 aliphatic rings. The molecular formula is C21H19Cl2N5O. The van der Waals surface area contributed by atoms with Gasteiger partial charge in [0.1, 0.15) is 0 Å². The van der Waals surface area contributed by atoms with Crippen LogP contribution in [0, 0.1) is 6.57 Å². The zero-order valence-electron chi connectivity index (χ0n) is 15.6. The molecule has 0 bridgehead atoms. The minimum atomic E-state index is -0.258. The highest BCUT2D eigenvalue weighted by atomic mass is 35.5. The zero-order chi connectivity index (χ0) is 20.4. The van der Waals surface area contributed by atoms with Crippen LogP contribution in [-0.2, 0) is 6.54 Å². The molecule has 8 heteroatoms. The van der Waals surface area contributed by atoms with E-state index in [0.29, 0.717) is 40.9 Å². The Morgan fingerprint density at radius 2 is 1.86 bits per heavy atom. The van der Waals surface area contributed by atoms with Gasteiger partial charge in [0.15, 0.2) is 17.3 Å². The van der Waals surface area contributed by atoms with Crippen LogP contribution < -0.4 is 10.2 Å². The molecule has 1 fully saturated rings. The zero-order valence-corrected chi connectivity index (χ0v) is 17.1. The Bertz CT molecular complexity index is 1090. The summed E-state index contributed by atoms with van der Waals surface area (Å²) in [4.78, 5) is 5.69. The summed E-state index contributed by atoms with van der Waals surface area (Å²) in [5.41, 5.74) is 1.51. The summed E-state index contributed by atoms with van der Waals surface area (Å²) in [7, 11) is 0. The van der Waals surface area contributed by atoms with Crippen molar-refractivity contribution in [2.75, 3.05) is 23.3 Å². The van der Waals surface area contributed by atoms with E-state index < -0.39 is 0 Å². The molecule has 0 aliphatic carbocycles. The fraction of sp³-hybridized carbons (Fsp3) is 0.286. The molecule has 0 unspecified atom stereocenters. The molecule has 0 radical (unpaired) electrons. The summed E-state index contributed by atoms with van der Waals surface area (Å²) in [6.07, 6.45) is 1.16. The van der Waals surface area contributed by atoms with Crippen LogP contribution in [0.3, 0.4) is 0 Å². The van der Waals surface area contributed by atoms with Crippen molar-refractivity contribution < 1.29 is 5.11 Å². The highest BCUT2D eigenvalue weighted by Crippen LogP contribution is 2.33. The number of piperidine rings is 1. The Morgan fingerprint density at radius 3 is 2.59 bits per heavy atom. The van der Waals surface area contributed by atoms with Gasteiger partial charge in [0.2, 0.25) is 0 Å². The lowest BCUT2D eigenvalue weighted by molar-refractivity contribution is 0.145. The summed E-state index contributed by atoms with van der Waals surface area (Å²) in [6, 6.07) is 11.0. The van der Waals surface area contributed by atoms with E-state index in [2.05, 4.69) is 25.3 Å². The van der Waals surface area contributed by atoms with Crippen molar-refractivity contribution in [3.8, 4) is 0 Å². The van der Waals surface area contributed by atoms with Gasteiger partial charge in [0.25, 0.3) is 0 Å². The number of benzene rings is 2. The van der Waals surface area contributed by atoms with Gasteiger partial charge >= 0.3 is 0 Å². The van der Waals surface area contributed by atoms with Gasteiger partial charge in [-0.2, -0.15) is 0 Å². The Balaban J connectivity index is 1.67. The van der Waals surface area contributed by atoms with Crippen molar-refractivity contribution in [3.05, 3.63) is 63.4 Å². The average Bonchev–Trinajstić information content (AvgIpc) is 2.74. The molecule has 4 rings (SSSR count). The van der Waals surface area contributed by atoms with E-state index in [4.69, 9.17) is 29.8 Å². The van der Waals surface area contributed by atoms with Crippen LogP contribution in [0.4, 0.5) is 17.3 Å². The van der Waals surface area contributed by atoms with E-state index in [1.165, 1.54) is 0 Å². The van der Waals surface area contributed by atoms with Gasteiger partial charge in [-0.05, 0) is 36.6 Å². The molecule has 2 aromatic carbocycles. The monoisotopic (exact) mass is 427 g/mol. The van der Waals surface area contributed by atoms with Gasteiger partial charge < -0.3 is 15.3 Å². The lowest BCUT2D eigenvalue weighted by Crippen LogP contribution is -2.36. The highest BCUT2D eigenvalue weighted by molar-refractivity contribution is 6.42. The second-order valence-electron chi connectivity index (χ2n) is 7.03. The van der Waals surface area contributed by atoms with Gasteiger partial charge in [-0.25, -0.2) is 4.85 Å². The average molecular weight is 428 g/mol. The molecule has 1 saturated heterocycles. The number of fused-ring (bicyclic) bond motifs is 1. The van der Waals surface area contributed by atoms with Crippen LogP contribution in [0.25, 0.3) is 15.6 Å². The predicted octanol–water partition coefficient (Wildman–Crippen LogP) is 5.06. The SMILES string of the molecule is [C-]#[N+]c1ccc2c(N3CCC(O)CC3)nnc(NCc3ccc(Cl)c(Cl)c3)c2c1. The molecule has 1 aliphatic heterocycles. The number of aromatic nitrogens is 2. The van der Waals surface area contributed by atoms with Crippen molar-refractivity contribution in [3.63, 3.8) is 0 Å². The minimum absolute atomic E-state index is 0.258. The highest BCUT2D eigenvalue weighted by Gasteiger charge is 2.21. The van der Waals surface area contributed by atoms with E-state index in [9.17, 15) is 5.11 Å². The number of hydrogen-bond acceptors (Lipinski definition) is 5. The van der Waals surface area contributed by atoms with Gasteiger partial charge in [0, 0.05) is 30.4 Å². The van der Waals surface area contributed by atoms with Crippen LogP contribution in [0.5, 0.6) is 0 Å². The summed E-state index contributed by atoms with van der Waals surface area (Å²) in [6.45, 7) is 9.30. The molecule has 1 aromatic heterocycles. The van der Waals surface area contributed by atoms with Crippen molar-refractivity contribution in [1.29, 1.82) is 0 Å². The molecule has 0 atom stereocenters. The largest absolute Gasteiger partial charge is 0.393 e. The summed E-state index contributed by atoms with van der Waals surface area (Å²) in [5.74, 6) is 1.39. The van der Waals surface area contributed by atoms with Crippen molar-refractivity contribution in [2.45, 2.75) is 25.5 Å². The number of aliphatic hydroxyl groups excluding tert-OH is 1. The van der Waals surface area contributed by atoms with Crippen molar-refractivity contribution >= 4 is 51.3 Å². The number of rotatable bonds is 4. The third-order valence-electron chi connectivity index (χ3n) is 5.08. The van der Waals surface area contributed by atoms with Crippen LogP contribution >= 0.6 is 23.2 Å². The lowest BCUT2D eigenvalue weighted by Gasteiger charge is -2.31. The topological polar surface area (TPSA) is 65.6 Å². The number of nitrogens with one attached hydrogen (secondary N) is 1. The van der Waals surface area contributed by atoms with E-state index in [0.717, 1.165) is 35.2 Å². The first kappa shape index (κ1) is 19.7. The number of aliphatic hydroxyl groups is 1. The fourth-order valence-corrected chi connectivity index (χ4v) is 3.80. The molecule has 148 valence electrons. The fourth-order valence-electron chi connectivity index (χ4n) is 3.47. The van der Waals surface area contributed by atoms with E-state index in [1.54, 1.807) is 12.1 Å². The van der Waals surface area contributed by atoms with Crippen LogP contribution in [0.2, 0.25) is 10.0 Å². The first-order valence-electron chi connectivity index (χ1n) is 9.34. The maximum absolute atomic E-state index is 9.79. The summed E-state index contributed by atoms with van der Waals surface area (Å²) in [5, 5.41) is 24.7. The maximum atomic E-state index is 9.79. The second kappa shape index (κ2) is 8.42. The van der Waals surface area contributed by atoms with Crippen LogP contribution in [0.15, 0.2) is 36.4 Å².